The predicted molar refractivity (Wildman–Crippen MR) is 21.3 cm³/mol. The molecule has 0 fully saturated rings. The van der Waals surface area contributed by atoms with Gasteiger partial charge in [-0.1, -0.05) is 0 Å². The normalized spacial score (nSPS) is 10.2. The van der Waals surface area contributed by atoms with E-state index in [2.05, 4.69) is 4.18 Å². The minimum atomic E-state index is -4.42. The summed E-state index contributed by atoms with van der Waals surface area (Å²) in [5.41, 5.74) is 0. The summed E-state index contributed by atoms with van der Waals surface area (Å²) in [5, 5.41) is 0. The maximum atomic E-state index is 9.45. The van der Waals surface area contributed by atoms with Crippen LogP contribution >= 0.6 is 0 Å². The summed E-state index contributed by atoms with van der Waals surface area (Å²) >= 11 is 0. The van der Waals surface area contributed by atoms with Crippen LogP contribution in [0.4, 0.5) is 0 Å². The van der Waals surface area contributed by atoms with Gasteiger partial charge in [0.25, 0.3) is 0 Å². The molecule has 0 aliphatic rings. The van der Waals surface area contributed by atoms with E-state index in [1.54, 1.807) is 0 Å². The molecule has 8 heavy (non-hydrogen) atoms. The van der Waals surface area contributed by atoms with Gasteiger partial charge in [-0.05, 0) is 6.92 Å². The van der Waals surface area contributed by atoms with E-state index in [0.717, 1.165) is 0 Å². The van der Waals surface area contributed by atoms with Crippen LogP contribution in [-0.2, 0) is 14.6 Å². The van der Waals surface area contributed by atoms with Gasteiger partial charge >= 0.3 is 68.9 Å². The topological polar surface area (TPSA) is 66.4 Å². The largest absolute Gasteiger partial charge is 1.00 e. The van der Waals surface area contributed by atoms with Crippen LogP contribution < -0.4 is 68.9 Å². The summed E-state index contributed by atoms with van der Waals surface area (Å²) in [6.45, 7) is 1.33. The van der Waals surface area contributed by atoms with E-state index in [-0.39, 0.29) is 75.5 Å². The first kappa shape index (κ1) is 12.6. The van der Waals surface area contributed by atoms with Gasteiger partial charge in [-0.25, -0.2) is 8.42 Å². The molecule has 0 amide bonds. The van der Waals surface area contributed by atoms with Gasteiger partial charge in [-0.15, -0.1) is 0 Å². The van der Waals surface area contributed by atoms with Crippen molar-refractivity contribution in [1.82, 2.24) is 0 Å². The van der Waals surface area contributed by atoms with Gasteiger partial charge in [0.05, 0.1) is 6.61 Å². The zero-order valence-corrected chi connectivity index (χ0v) is 11.8. The van der Waals surface area contributed by atoms with Gasteiger partial charge in [-0.2, -0.15) is 0 Å². The van der Waals surface area contributed by atoms with Crippen molar-refractivity contribution < 1.29 is 86.0 Å². The first-order valence-corrected chi connectivity index (χ1v) is 3.00. The number of hydrogen-bond donors (Lipinski definition) is 0. The van der Waals surface area contributed by atoms with Crippen molar-refractivity contribution in [3.63, 3.8) is 0 Å². The second-order valence-electron chi connectivity index (χ2n) is 0.815. The SMILES string of the molecule is CCOS(=O)(=O)[O-].[Cs+]. The fourth-order valence-corrected chi connectivity index (χ4v) is 0.433. The zero-order valence-electron chi connectivity index (χ0n) is 4.75. The molecule has 0 bridgehead atoms. The molecule has 0 atom stereocenters. The molecular formula is C2H5CsO4S. The van der Waals surface area contributed by atoms with E-state index in [1.165, 1.54) is 6.92 Å². The van der Waals surface area contributed by atoms with Crippen molar-refractivity contribution in [3.8, 4) is 0 Å². The Balaban J connectivity index is 0. The maximum Gasteiger partial charge on any atom is 1.00 e. The Labute approximate surface area is 107 Å². The van der Waals surface area contributed by atoms with E-state index in [4.69, 9.17) is 0 Å². The summed E-state index contributed by atoms with van der Waals surface area (Å²) in [6, 6.07) is 0. The number of hydrogen-bond acceptors (Lipinski definition) is 4. The van der Waals surface area contributed by atoms with Crippen LogP contribution in [0.5, 0.6) is 0 Å². The second-order valence-corrected chi connectivity index (χ2v) is 1.87. The monoisotopic (exact) mass is 258 g/mol. The van der Waals surface area contributed by atoms with Crippen molar-refractivity contribution in [2.75, 3.05) is 6.61 Å². The summed E-state index contributed by atoms with van der Waals surface area (Å²) in [6.07, 6.45) is 0. The minimum Gasteiger partial charge on any atom is -0.726 e. The Morgan fingerprint density at radius 3 is 2.00 bits per heavy atom. The third-order valence-electron chi connectivity index (χ3n) is 0.262. The smallest absolute Gasteiger partial charge is 0.726 e. The molecule has 44 valence electrons. The standard InChI is InChI=1S/C2H6O4S.Cs/c1-2-6-7(3,4)5;/h2H2,1H3,(H,3,4,5);/q;+1/p-1. The van der Waals surface area contributed by atoms with E-state index in [0.29, 0.717) is 0 Å². The van der Waals surface area contributed by atoms with Crippen molar-refractivity contribution in [1.29, 1.82) is 0 Å². The molecule has 0 heterocycles. The van der Waals surface area contributed by atoms with Gasteiger partial charge in [-0.3, -0.25) is 4.18 Å². The Kier molecular flexibility index (Phi) is 8.95. The summed E-state index contributed by atoms with van der Waals surface area (Å²) < 4.78 is 32.0. The summed E-state index contributed by atoms with van der Waals surface area (Å²) in [7, 11) is -4.42. The number of rotatable bonds is 2. The van der Waals surface area contributed by atoms with Crippen LogP contribution in [-0.4, -0.2) is 19.6 Å². The van der Waals surface area contributed by atoms with Crippen LogP contribution in [0.1, 0.15) is 6.92 Å². The van der Waals surface area contributed by atoms with Crippen molar-refractivity contribution in [2.24, 2.45) is 0 Å². The first-order valence-electron chi connectivity index (χ1n) is 1.66. The quantitative estimate of drug-likeness (QED) is 0.380. The van der Waals surface area contributed by atoms with Gasteiger partial charge < -0.3 is 4.55 Å². The third-order valence-corrected chi connectivity index (χ3v) is 0.787. The minimum absolute atomic E-state index is 0. The summed E-state index contributed by atoms with van der Waals surface area (Å²) in [4.78, 5) is 0. The third kappa shape index (κ3) is 10.8. The zero-order chi connectivity index (χ0) is 5.91. The first-order chi connectivity index (χ1) is 3.06. The molecule has 0 unspecified atom stereocenters. The van der Waals surface area contributed by atoms with Gasteiger partial charge in [0.15, 0.2) is 0 Å². The molecule has 4 nitrogen and oxygen atoms in total. The van der Waals surface area contributed by atoms with Crippen LogP contribution in [0.15, 0.2) is 0 Å². The molecule has 0 saturated carbocycles. The molecule has 0 radical (unpaired) electrons. The molecule has 6 heteroatoms. The molecule has 0 aromatic carbocycles. The van der Waals surface area contributed by atoms with Crippen LogP contribution in [0, 0.1) is 0 Å². The van der Waals surface area contributed by atoms with Crippen molar-refractivity contribution in [3.05, 3.63) is 0 Å². The van der Waals surface area contributed by atoms with E-state index >= 15 is 0 Å². The van der Waals surface area contributed by atoms with Crippen molar-refractivity contribution in [2.45, 2.75) is 6.92 Å². The van der Waals surface area contributed by atoms with Gasteiger partial charge in [0.2, 0.25) is 10.4 Å². The Morgan fingerprint density at radius 2 is 2.00 bits per heavy atom. The Bertz CT molecular complexity index is 127. The molecule has 0 rings (SSSR count). The second kappa shape index (κ2) is 5.69. The van der Waals surface area contributed by atoms with E-state index in [1.807, 2.05) is 0 Å². The van der Waals surface area contributed by atoms with Gasteiger partial charge in [0.1, 0.15) is 0 Å². The molecular weight excluding hydrogens is 253 g/mol. The molecule has 0 N–H and O–H groups in total. The average molecular weight is 258 g/mol. The molecule has 0 aliphatic heterocycles. The van der Waals surface area contributed by atoms with Crippen LogP contribution in [0.2, 0.25) is 0 Å². The van der Waals surface area contributed by atoms with E-state index < -0.39 is 10.4 Å². The predicted octanol–water partition coefficient (Wildman–Crippen LogP) is -3.51. The Morgan fingerprint density at radius 1 is 1.62 bits per heavy atom. The van der Waals surface area contributed by atoms with Crippen molar-refractivity contribution >= 4 is 10.4 Å². The molecule has 0 aromatic heterocycles. The van der Waals surface area contributed by atoms with Crippen LogP contribution in [0.3, 0.4) is 0 Å². The summed E-state index contributed by atoms with van der Waals surface area (Å²) in [5.74, 6) is 0. The average Bonchev–Trinajstić information content (AvgIpc) is 1.30. The van der Waals surface area contributed by atoms with Gasteiger partial charge in [0, 0.05) is 0 Å². The maximum absolute atomic E-state index is 9.45. The van der Waals surface area contributed by atoms with E-state index in [9.17, 15) is 13.0 Å². The molecule has 0 spiro atoms. The molecule has 0 aliphatic carbocycles. The fraction of sp³-hybridized carbons (Fsp3) is 1.00. The molecule has 0 aromatic rings. The Hall–Kier alpha value is 1.92. The fourth-order valence-electron chi connectivity index (χ4n) is 0.144. The molecule has 0 saturated heterocycles. The van der Waals surface area contributed by atoms with Crippen LogP contribution in [0.25, 0.3) is 0 Å².